The predicted molar refractivity (Wildman–Crippen MR) is 102 cm³/mol. The van der Waals surface area contributed by atoms with Gasteiger partial charge < -0.3 is 14.9 Å². The Morgan fingerprint density at radius 2 is 1.62 bits per heavy atom. The van der Waals surface area contributed by atoms with E-state index in [1.807, 2.05) is 4.90 Å². The van der Waals surface area contributed by atoms with Gasteiger partial charge in [-0.05, 0) is 36.4 Å². The van der Waals surface area contributed by atoms with Gasteiger partial charge in [0.1, 0.15) is 6.33 Å². The van der Waals surface area contributed by atoms with Crippen molar-refractivity contribution in [2.45, 2.75) is 6.18 Å². The zero-order valence-electron chi connectivity index (χ0n) is 15.2. The molecule has 150 valence electrons. The number of hydrogen-bond acceptors (Lipinski definition) is 5. The van der Waals surface area contributed by atoms with Crippen LogP contribution in [0.15, 0.2) is 48.9 Å². The van der Waals surface area contributed by atoms with E-state index in [0.29, 0.717) is 37.1 Å². The lowest BCUT2D eigenvalue weighted by atomic mass is 10.1. The van der Waals surface area contributed by atoms with Gasteiger partial charge in [0.25, 0.3) is 0 Å². The lowest BCUT2D eigenvalue weighted by Crippen LogP contribution is -2.46. The molecule has 1 fully saturated rings. The monoisotopic (exact) mass is 402 g/mol. The summed E-state index contributed by atoms with van der Waals surface area (Å²) in [6, 6.07) is 8.46. The molecule has 1 aliphatic rings. The largest absolute Gasteiger partial charge is 0.478 e. The number of carboxylic acid groups (broad SMARTS) is 1. The second-order valence-electron chi connectivity index (χ2n) is 6.74. The highest BCUT2D eigenvalue weighted by atomic mass is 19.4. The van der Waals surface area contributed by atoms with Gasteiger partial charge in [0.05, 0.1) is 16.6 Å². The number of halogens is 3. The van der Waals surface area contributed by atoms with E-state index in [-0.39, 0.29) is 5.56 Å². The van der Waals surface area contributed by atoms with Crippen molar-refractivity contribution >= 4 is 28.2 Å². The Balaban J connectivity index is 1.53. The molecule has 1 aliphatic heterocycles. The smallest absolute Gasteiger partial charge is 0.416 e. The van der Waals surface area contributed by atoms with E-state index in [0.717, 1.165) is 23.5 Å². The van der Waals surface area contributed by atoms with Crippen LogP contribution in [0.3, 0.4) is 0 Å². The average molecular weight is 402 g/mol. The number of alkyl halides is 3. The summed E-state index contributed by atoms with van der Waals surface area (Å²) in [5, 5.41) is 10.0. The summed E-state index contributed by atoms with van der Waals surface area (Å²) in [4.78, 5) is 23.7. The molecule has 0 radical (unpaired) electrons. The maximum Gasteiger partial charge on any atom is 0.416 e. The molecule has 1 saturated heterocycles. The second-order valence-corrected chi connectivity index (χ2v) is 6.74. The van der Waals surface area contributed by atoms with Crippen LogP contribution in [0.5, 0.6) is 0 Å². The predicted octanol–water partition coefficient (Wildman–Crippen LogP) is 3.67. The third kappa shape index (κ3) is 3.67. The summed E-state index contributed by atoms with van der Waals surface area (Å²) in [5.41, 5.74) is 1.43. The molecule has 0 amide bonds. The Morgan fingerprint density at radius 3 is 2.24 bits per heavy atom. The number of aromatic carboxylic acids is 1. The SMILES string of the molecule is O=C(O)c1ccc(N2CCN(c3ccc(C(F)(F)F)cc3)CC2)c2cncnc12. The van der Waals surface area contributed by atoms with E-state index < -0.39 is 17.7 Å². The second kappa shape index (κ2) is 7.23. The Labute approximate surface area is 164 Å². The summed E-state index contributed by atoms with van der Waals surface area (Å²) in [6.07, 6.45) is -1.42. The van der Waals surface area contributed by atoms with Gasteiger partial charge in [0, 0.05) is 49.1 Å². The topological polar surface area (TPSA) is 69.6 Å². The Kier molecular flexibility index (Phi) is 4.73. The summed E-state index contributed by atoms with van der Waals surface area (Å²) in [7, 11) is 0. The molecule has 1 N–H and O–H groups in total. The van der Waals surface area contributed by atoms with Crippen LogP contribution in [-0.4, -0.2) is 47.2 Å². The molecule has 4 rings (SSSR count). The number of fused-ring (bicyclic) bond motifs is 1. The zero-order valence-corrected chi connectivity index (χ0v) is 15.2. The highest BCUT2D eigenvalue weighted by Crippen LogP contribution is 2.32. The average Bonchev–Trinajstić information content (AvgIpc) is 2.72. The van der Waals surface area contributed by atoms with Gasteiger partial charge >= 0.3 is 12.1 Å². The van der Waals surface area contributed by atoms with Crippen molar-refractivity contribution in [2.75, 3.05) is 36.0 Å². The van der Waals surface area contributed by atoms with Gasteiger partial charge in [-0.2, -0.15) is 13.2 Å². The fourth-order valence-electron chi connectivity index (χ4n) is 3.58. The van der Waals surface area contributed by atoms with Crippen LogP contribution in [0.25, 0.3) is 10.9 Å². The number of anilines is 2. The molecule has 0 unspecified atom stereocenters. The molecule has 29 heavy (non-hydrogen) atoms. The van der Waals surface area contributed by atoms with Crippen molar-refractivity contribution in [1.82, 2.24) is 9.97 Å². The number of hydrogen-bond donors (Lipinski definition) is 1. The summed E-state index contributed by atoms with van der Waals surface area (Å²) >= 11 is 0. The maximum atomic E-state index is 12.7. The fourth-order valence-corrected chi connectivity index (χ4v) is 3.58. The molecule has 0 spiro atoms. The van der Waals surface area contributed by atoms with E-state index in [4.69, 9.17) is 0 Å². The first-order chi connectivity index (χ1) is 13.8. The van der Waals surface area contributed by atoms with Crippen molar-refractivity contribution in [1.29, 1.82) is 0 Å². The molecule has 0 saturated carbocycles. The highest BCUT2D eigenvalue weighted by Gasteiger charge is 2.30. The van der Waals surface area contributed by atoms with E-state index >= 15 is 0 Å². The summed E-state index contributed by atoms with van der Waals surface area (Å²) in [6.45, 7) is 2.53. The number of piperazine rings is 1. The van der Waals surface area contributed by atoms with Crippen molar-refractivity contribution in [3.8, 4) is 0 Å². The van der Waals surface area contributed by atoms with Gasteiger partial charge in [-0.3, -0.25) is 0 Å². The first kappa shape index (κ1) is 19.0. The highest BCUT2D eigenvalue weighted by molar-refractivity contribution is 6.05. The lowest BCUT2D eigenvalue weighted by Gasteiger charge is -2.37. The fraction of sp³-hybridized carbons (Fsp3) is 0.250. The third-order valence-electron chi connectivity index (χ3n) is 5.06. The van der Waals surface area contributed by atoms with Crippen molar-refractivity contribution in [3.05, 3.63) is 60.0 Å². The van der Waals surface area contributed by atoms with Crippen LogP contribution in [0.1, 0.15) is 15.9 Å². The van der Waals surface area contributed by atoms with Crippen LogP contribution in [0, 0.1) is 0 Å². The number of aromatic nitrogens is 2. The molecule has 2 aromatic carbocycles. The third-order valence-corrected chi connectivity index (χ3v) is 5.06. The minimum atomic E-state index is -4.34. The lowest BCUT2D eigenvalue weighted by molar-refractivity contribution is -0.137. The quantitative estimate of drug-likeness (QED) is 0.721. The van der Waals surface area contributed by atoms with Crippen molar-refractivity contribution < 1.29 is 23.1 Å². The Morgan fingerprint density at radius 1 is 0.966 bits per heavy atom. The minimum Gasteiger partial charge on any atom is -0.478 e. The van der Waals surface area contributed by atoms with Crippen LogP contribution in [0.2, 0.25) is 0 Å². The number of carboxylic acids is 1. The van der Waals surface area contributed by atoms with Gasteiger partial charge in [-0.25, -0.2) is 14.8 Å². The normalized spacial score (nSPS) is 15.0. The van der Waals surface area contributed by atoms with Gasteiger partial charge in [0.2, 0.25) is 0 Å². The van der Waals surface area contributed by atoms with Gasteiger partial charge in [0.15, 0.2) is 0 Å². The van der Waals surface area contributed by atoms with Crippen LogP contribution >= 0.6 is 0 Å². The number of carbonyl (C=O) groups is 1. The van der Waals surface area contributed by atoms with Gasteiger partial charge in [-0.1, -0.05) is 0 Å². The Hall–Kier alpha value is -3.36. The first-order valence-electron chi connectivity index (χ1n) is 8.98. The molecular weight excluding hydrogens is 385 g/mol. The zero-order chi connectivity index (χ0) is 20.6. The molecule has 6 nitrogen and oxygen atoms in total. The van der Waals surface area contributed by atoms with E-state index in [1.54, 1.807) is 12.3 Å². The Bertz CT molecular complexity index is 1050. The summed E-state index contributed by atoms with van der Waals surface area (Å²) in [5.74, 6) is -1.05. The molecule has 1 aromatic heterocycles. The molecule has 0 bridgehead atoms. The molecular formula is C20H17F3N4O2. The molecule has 9 heteroatoms. The minimum absolute atomic E-state index is 0.120. The molecule has 0 aliphatic carbocycles. The van der Waals surface area contributed by atoms with Crippen LogP contribution in [-0.2, 0) is 6.18 Å². The van der Waals surface area contributed by atoms with Crippen molar-refractivity contribution in [2.24, 2.45) is 0 Å². The van der Waals surface area contributed by atoms with Crippen LogP contribution < -0.4 is 9.80 Å². The van der Waals surface area contributed by atoms with E-state index in [2.05, 4.69) is 14.9 Å². The molecule has 2 heterocycles. The standard InChI is InChI=1S/C20H17F3N4O2/c21-20(22,23)13-1-3-14(4-2-13)26-7-9-27(10-8-26)17-6-5-15(19(28)29)18-16(17)11-24-12-25-18/h1-6,11-12H,7-10H2,(H,28,29). The van der Waals surface area contributed by atoms with Crippen molar-refractivity contribution in [3.63, 3.8) is 0 Å². The van der Waals surface area contributed by atoms with E-state index in [1.165, 1.54) is 24.5 Å². The number of benzene rings is 2. The number of rotatable bonds is 3. The first-order valence-corrected chi connectivity index (χ1v) is 8.98. The van der Waals surface area contributed by atoms with E-state index in [9.17, 15) is 23.1 Å². The van der Waals surface area contributed by atoms with Gasteiger partial charge in [-0.15, -0.1) is 0 Å². The summed E-state index contributed by atoms with van der Waals surface area (Å²) < 4.78 is 38.2. The van der Waals surface area contributed by atoms with Crippen LogP contribution in [0.4, 0.5) is 24.5 Å². The molecule has 0 atom stereocenters. The maximum absolute atomic E-state index is 12.7. The number of nitrogens with zero attached hydrogens (tertiary/aromatic N) is 4. The molecule has 3 aromatic rings.